The zero-order valence-corrected chi connectivity index (χ0v) is 16.2. The maximum Gasteiger partial charge on any atom is 0.290 e. The lowest BCUT2D eigenvalue weighted by atomic mass is 10.1. The van der Waals surface area contributed by atoms with Gasteiger partial charge in [-0.3, -0.25) is 14.5 Å². The molecule has 3 N–H and O–H groups in total. The summed E-state index contributed by atoms with van der Waals surface area (Å²) in [7, 11) is 4.24. The summed E-state index contributed by atoms with van der Waals surface area (Å²) < 4.78 is 0. The standard InChI is InChI=1S/C17H26N4.2CH2O2/c1-15-18-13-17(19-15)14-21(12-11-20(2)3)10-9-16-7-5-4-6-8-16;2*2-1-3/h4-8,13H,9-12,14H2,1-3H3,(H,18,19);2*1H,(H,2,3). The van der Waals surface area contributed by atoms with Gasteiger partial charge < -0.3 is 20.1 Å². The van der Waals surface area contributed by atoms with Gasteiger partial charge in [0.25, 0.3) is 12.9 Å². The second kappa shape index (κ2) is 15.5. The number of likely N-dealkylation sites (N-methyl/N-ethyl adjacent to an activating group) is 1. The minimum atomic E-state index is -0.250. The van der Waals surface area contributed by atoms with E-state index in [0.717, 1.165) is 38.4 Å². The number of nitrogens with zero attached hydrogens (tertiary/aromatic N) is 3. The largest absolute Gasteiger partial charge is 0.483 e. The first-order valence-corrected chi connectivity index (χ1v) is 8.54. The van der Waals surface area contributed by atoms with Gasteiger partial charge in [0, 0.05) is 38.1 Å². The molecule has 0 spiro atoms. The molecule has 0 unspecified atom stereocenters. The van der Waals surface area contributed by atoms with Crippen LogP contribution in [0.4, 0.5) is 0 Å². The van der Waals surface area contributed by atoms with Gasteiger partial charge in [-0.25, -0.2) is 4.98 Å². The second-order valence-electron chi connectivity index (χ2n) is 6.02. The Balaban J connectivity index is 0.000000997. The second-order valence-corrected chi connectivity index (χ2v) is 6.02. The third-order valence-electron chi connectivity index (χ3n) is 3.57. The number of hydrogen-bond acceptors (Lipinski definition) is 5. The number of aromatic amines is 1. The number of hydrogen-bond donors (Lipinski definition) is 3. The van der Waals surface area contributed by atoms with E-state index in [1.807, 2.05) is 13.1 Å². The van der Waals surface area contributed by atoms with E-state index in [1.165, 1.54) is 11.3 Å². The Kier molecular flexibility index (Phi) is 14.0. The molecular formula is C19H30N4O4. The molecule has 0 aliphatic rings. The van der Waals surface area contributed by atoms with Crippen molar-refractivity contribution < 1.29 is 19.8 Å². The lowest BCUT2D eigenvalue weighted by Gasteiger charge is -2.23. The molecule has 1 aromatic heterocycles. The number of carboxylic acid groups (broad SMARTS) is 2. The Bertz CT molecular complexity index is 611. The molecule has 8 nitrogen and oxygen atoms in total. The van der Waals surface area contributed by atoms with Crippen molar-refractivity contribution in [2.45, 2.75) is 19.9 Å². The lowest BCUT2D eigenvalue weighted by Crippen LogP contribution is -2.33. The first-order chi connectivity index (χ1) is 13.0. The molecule has 2 aromatic rings. The van der Waals surface area contributed by atoms with E-state index in [9.17, 15) is 0 Å². The van der Waals surface area contributed by atoms with Crippen molar-refractivity contribution in [3.05, 3.63) is 53.6 Å². The molecule has 150 valence electrons. The van der Waals surface area contributed by atoms with E-state index in [0.29, 0.717) is 0 Å². The summed E-state index contributed by atoms with van der Waals surface area (Å²) in [5.74, 6) is 0.987. The van der Waals surface area contributed by atoms with Crippen LogP contribution in [0.5, 0.6) is 0 Å². The molecule has 27 heavy (non-hydrogen) atoms. The molecule has 0 aliphatic carbocycles. The summed E-state index contributed by atoms with van der Waals surface area (Å²) in [4.78, 5) is 29.1. The Labute approximate surface area is 160 Å². The van der Waals surface area contributed by atoms with E-state index in [1.54, 1.807) is 0 Å². The molecule has 2 rings (SSSR count). The van der Waals surface area contributed by atoms with Crippen LogP contribution >= 0.6 is 0 Å². The number of aryl methyl sites for hydroxylation is 1. The van der Waals surface area contributed by atoms with Crippen LogP contribution in [-0.4, -0.2) is 76.7 Å². The van der Waals surface area contributed by atoms with Gasteiger partial charge in [0.15, 0.2) is 0 Å². The highest BCUT2D eigenvalue weighted by Crippen LogP contribution is 2.06. The van der Waals surface area contributed by atoms with Gasteiger partial charge in [0.1, 0.15) is 5.82 Å². The van der Waals surface area contributed by atoms with Crippen LogP contribution in [0.15, 0.2) is 36.5 Å². The third kappa shape index (κ3) is 13.2. The average molecular weight is 378 g/mol. The molecule has 0 aliphatic heterocycles. The molecular weight excluding hydrogens is 348 g/mol. The number of imidazole rings is 1. The SMILES string of the molecule is Cc1ncc(CN(CCc2ccccc2)CCN(C)C)[nH]1.O=CO.O=CO. The Morgan fingerprint density at radius 2 is 1.63 bits per heavy atom. The Hall–Kier alpha value is -2.71. The van der Waals surface area contributed by atoms with Crippen LogP contribution in [0, 0.1) is 6.92 Å². The van der Waals surface area contributed by atoms with E-state index in [4.69, 9.17) is 19.8 Å². The summed E-state index contributed by atoms with van der Waals surface area (Å²) in [6, 6.07) is 10.7. The van der Waals surface area contributed by atoms with Crippen molar-refractivity contribution in [3.63, 3.8) is 0 Å². The number of benzene rings is 1. The number of H-pyrrole nitrogens is 1. The summed E-state index contributed by atoms with van der Waals surface area (Å²) in [5.41, 5.74) is 2.59. The number of carbonyl (C=O) groups is 2. The highest BCUT2D eigenvalue weighted by Gasteiger charge is 2.08. The van der Waals surface area contributed by atoms with Gasteiger partial charge in [-0.05, 0) is 33.0 Å². The minimum absolute atomic E-state index is 0.250. The lowest BCUT2D eigenvalue weighted by molar-refractivity contribution is -0.123. The predicted octanol–water partition coefficient (Wildman–Crippen LogP) is 1.73. The molecule has 0 atom stereocenters. The van der Waals surface area contributed by atoms with E-state index in [-0.39, 0.29) is 12.9 Å². The average Bonchev–Trinajstić information content (AvgIpc) is 3.04. The number of aromatic nitrogens is 2. The minimum Gasteiger partial charge on any atom is -0.483 e. The van der Waals surface area contributed by atoms with Gasteiger partial charge in [-0.15, -0.1) is 0 Å². The van der Waals surface area contributed by atoms with Gasteiger partial charge in [0.2, 0.25) is 0 Å². The van der Waals surface area contributed by atoms with Crippen molar-refractivity contribution in [3.8, 4) is 0 Å². The van der Waals surface area contributed by atoms with Crippen LogP contribution in [0.1, 0.15) is 17.1 Å². The van der Waals surface area contributed by atoms with E-state index >= 15 is 0 Å². The first kappa shape index (κ1) is 24.3. The van der Waals surface area contributed by atoms with Crippen LogP contribution in [0.25, 0.3) is 0 Å². The fourth-order valence-electron chi connectivity index (χ4n) is 2.34. The molecule has 0 saturated carbocycles. The van der Waals surface area contributed by atoms with Crippen LogP contribution in [-0.2, 0) is 22.6 Å². The Morgan fingerprint density at radius 1 is 1.04 bits per heavy atom. The fourth-order valence-corrected chi connectivity index (χ4v) is 2.34. The van der Waals surface area contributed by atoms with E-state index in [2.05, 4.69) is 64.2 Å². The molecule has 0 fully saturated rings. The molecule has 8 heteroatoms. The van der Waals surface area contributed by atoms with Crippen molar-refractivity contribution in [1.82, 2.24) is 19.8 Å². The molecule has 1 heterocycles. The zero-order valence-electron chi connectivity index (χ0n) is 16.2. The zero-order chi connectivity index (χ0) is 20.5. The topological polar surface area (TPSA) is 110 Å². The van der Waals surface area contributed by atoms with Crippen LogP contribution in [0.3, 0.4) is 0 Å². The van der Waals surface area contributed by atoms with Gasteiger partial charge in [-0.2, -0.15) is 0 Å². The summed E-state index contributed by atoms with van der Waals surface area (Å²) in [6.45, 7) is 5.63. The maximum absolute atomic E-state index is 8.36. The monoisotopic (exact) mass is 378 g/mol. The molecule has 1 aromatic carbocycles. The molecule has 0 bridgehead atoms. The quantitative estimate of drug-likeness (QED) is 0.600. The van der Waals surface area contributed by atoms with Crippen molar-refractivity contribution in [2.75, 3.05) is 33.7 Å². The van der Waals surface area contributed by atoms with Gasteiger partial charge in [-0.1, -0.05) is 30.3 Å². The predicted molar refractivity (Wildman–Crippen MR) is 105 cm³/mol. The smallest absolute Gasteiger partial charge is 0.290 e. The third-order valence-corrected chi connectivity index (χ3v) is 3.57. The van der Waals surface area contributed by atoms with Crippen LogP contribution in [0.2, 0.25) is 0 Å². The van der Waals surface area contributed by atoms with Crippen molar-refractivity contribution >= 4 is 12.9 Å². The van der Waals surface area contributed by atoms with Gasteiger partial charge in [0.05, 0.1) is 0 Å². The Morgan fingerprint density at radius 3 is 2.11 bits per heavy atom. The molecule has 0 saturated heterocycles. The first-order valence-electron chi connectivity index (χ1n) is 8.54. The molecule has 0 amide bonds. The van der Waals surface area contributed by atoms with Gasteiger partial charge >= 0.3 is 0 Å². The summed E-state index contributed by atoms with van der Waals surface area (Å²) >= 11 is 0. The normalized spacial score (nSPS) is 9.81. The van der Waals surface area contributed by atoms with Crippen molar-refractivity contribution in [1.29, 1.82) is 0 Å². The van der Waals surface area contributed by atoms with Crippen molar-refractivity contribution in [2.24, 2.45) is 0 Å². The highest BCUT2D eigenvalue weighted by molar-refractivity contribution is 5.33. The van der Waals surface area contributed by atoms with E-state index < -0.39 is 0 Å². The fraction of sp³-hybridized carbons (Fsp3) is 0.421. The highest BCUT2D eigenvalue weighted by atomic mass is 16.3. The molecule has 0 radical (unpaired) electrons. The van der Waals surface area contributed by atoms with Crippen LogP contribution < -0.4 is 0 Å². The number of rotatable bonds is 8. The number of nitrogens with one attached hydrogen (secondary N) is 1. The maximum atomic E-state index is 8.36. The summed E-state index contributed by atoms with van der Waals surface area (Å²) in [5, 5.41) is 13.8. The summed E-state index contributed by atoms with van der Waals surface area (Å²) in [6.07, 6.45) is 3.03.